The van der Waals surface area contributed by atoms with E-state index in [0.717, 1.165) is 17.1 Å². The third-order valence-corrected chi connectivity index (χ3v) is 9.04. The highest BCUT2D eigenvalue weighted by Gasteiger charge is 2.58. The van der Waals surface area contributed by atoms with Gasteiger partial charge in [0.15, 0.2) is 0 Å². The molecule has 0 bridgehead atoms. The molecule has 33 heavy (non-hydrogen) atoms. The summed E-state index contributed by atoms with van der Waals surface area (Å²) in [6.07, 6.45) is 5.29. The zero-order valence-electron chi connectivity index (χ0n) is 20.4. The van der Waals surface area contributed by atoms with Gasteiger partial charge in [-0.25, -0.2) is 12.7 Å². The second-order valence-corrected chi connectivity index (χ2v) is 12.4. The number of rotatable bonds is 5. The smallest absolute Gasteiger partial charge is 0.254 e. The minimum atomic E-state index is -3.67. The molecule has 3 heterocycles. The summed E-state index contributed by atoms with van der Waals surface area (Å²) in [6, 6.07) is 8.04. The quantitative estimate of drug-likeness (QED) is 0.654. The number of hydrogen-bond acceptors (Lipinski definition) is 5. The molecule has 7 nitrogen and oxygen atoms in total. The van der Waals surface area contributed by atoms with E-state index in [1.54, 1.807) is 4.90 Å². The van der Waals surface area contributed by atoms with Crippen molar-refractivity contribution < 1.29 is 18.0 Å². The summed E-state index contributed by atoms with van der Waals surface area (Å²) in [4.78, 5) is 30.7. The van der Waals surface area contributed by atoms with E-state index >= 15 is 0 Å². The van der Waals surface area contributed by atoms with E-state index in [4.69, 9.17) is 0 Å². The van der Waals surface area contributed by atoms with E-state index in [9.17, 15) is 18.0 Å². The zero-order chi connectivity index (χ0) is 24.1. The van der Waals surface area contributed by atoms with Gasteiger partial charge in [0.1, 0.15) is 0 Å². The first-order valence-electron chi connectivity index (χ1n) is 12.2. The lowest BCUT2D eigenvalue weighted by Crippen LogP contribution is -2.44. The van der Waals surface area contributed by atoms with Gasteiger partial charge in [0.2, 0.25) is 15.9 Å². The maximum atomic E-state index is 13.5. The molecule has 5 atom stereocenters. The van der Waals surface area contributed by atoms with Gasteiger partial charge in [-0.3, -0.25) is 14.5 Å². The van der Waals surface area contributed by atoms with E-state index < -0.39 is 28.0 Å². The Morgan fingerprint density at radius 1 is 1.06 bits per heavy atom. The molecule has 182 valence electrons. The summed E-state index contributed by atoms with van der Waals surface area (Å²) < 4.78 is 25.7. The van der Waals surface area contributed by atoms with Crippen LogP contribution in [0.5, 0.6) is 0 Å². The molecule has 0 spiro atoms. The molecule has 1 aromatic rings. The zero-order valence-corrected chi connectivity index (χ0v) is 21.2. The van der Waals surface area contributed by atoms with E-state index in [-0.39, 0.29) is 17.7 Å². The van der Waals surface area contributed by atoms with Gasteiger partial charge in [0.25, 0.3) is 5.91 Å². The highest BCUT2D eigenvalue weighted by atomic mass is 32.2. The first-order valence-corrected chi connectivity index (χ1v) is 14.0. The van der Waals surface area contributed by atoms with Gasteiger partial charge in [0.05, 0.1) is 24.3 Å². The standard InChI is InChI=1S/C25H37N3O4S/c1-16(2)22-23-21(28(25(22)30)33(5,31)32)13-14-26(23)24(29)20-11-9-19(10-12-20)15-27-17(3)7-6-8-18(27)4/h9-12,16-18,21-23H,6-8,13-15H2,1-5H3/t17?,18?,21-,22+,23-/m0/s1. The summed E-state index contributed by atoms with van der Waals surface area (Å²) in [5.74, 6) is -1.05. The van der Waals surface area contributed by atoms with Crippen LogP contribution in [0.3, 0.4) is 0 Å². The highest BCUT2D eigenvalue weighted by molar-refractivity contribution is 7.88. The Morgan fingerprint density at radius 2 is 1.67 bits per heavy atom. The van der Waals surface area contributed by atoms with Crippen molar-refractivity contribution in [2.75, 3.05) is 12.8 Å². The molecule has 2 amide bonds. The third-order valence-electron chi connectivity index (χ3n) is 7.87. The topological polar surface area (TPSA) is 78.0 Å². The fraction of sp³-hybridized carbons (Fsp3) is 0.680. The second kappa shape index (κ2) is 9.02. The van der Waals surface area contributed by atoms with Crippen molar-refractivity contribution in [1.29, 1.82) is 0 Å². The summed E-state index contributed by atoms with van der Waals surface area (Å²) >= 11 is 0. The fourth-order valence-corrected chi connectivity index (χ4v) is 7.36. The highest BCUT2D eigenvalue weighted by Crippen LogP contribution is 2.41. The van der Waals surface area contributed by atoms with Gasteiger partial charge in [-0.15, -0.1) is 0 Å². The molecular weight excluding hydrogens is 438 g/mol. The van der Waals surface area contributed by atoms with Crippen LogP contribution in [-0.4, -0.2) is 71.3 Å². The summed E-state index contributed by atoms with van der Waals surface area (Å²) in [6.45, 7) is 9.74. The van der Waals surface area contributed by atoms with Crippen molar-refractivity contribution in [3.05, 3.63) is 35.4 Å². The maximum Gasteiger partial charge on any atom is 0.254 e. The van der Waals surface area contributed by atoms with Crippen LogP contribution in [-0.2, 0) is 21.4 Å². The van der Waals surface area contributed by atoms with Crippen molar-refractivity contribution >= 4 is 21.8 Å². The van der Waals surface area contributed by atoms with E-state index in [1.807, 2.05) is 38.1 Å². The molecule has 3 saturated heterocycles. The number of likely N-dealkylation sites (tertiary alicyclic amines) is 2. The Bertz CT molecular complexity index is 997. The molecule has 0 radical (unpaired) electrons. The molecule has 8 heteroatoms. The largest absolute Gasteiger partial charge is 0.333 e. The fourth-order valence-electron chi connectivity index (χ4n) is 6.19. The Morgan fingerprint density at radius 3 is 2.21 bits per heavy atom. The molecule has 3 aliphatic rings. The Kier molecular flexibility index (Phi) is 6.62. The predicted molar refractivity (Wildman–Crippen MR) is 128 cm³/mol. The third kappa shape index (κ3) is 4.44. The van der Waals surface area contributed by atoms with Crippen LogP contribution in [0.15, 0.2) is 24.3 Å². The van der Waals surface area contributed by atoms with Crippen molar-refractivity contribution in [2.45, 2.75) is 84.1 Å². The van der Waals surface area contributed by atoms with Crippen molar-refractivity contribution in [2.24, 2.45) is 11.8 Å². The lowest BCUT2D eigenvalue weighted by atomic mass is 9.88. The Hall–Kier alpha value is -1.93. The molecule has 0 N–H and O–H groups in total. The number of amides is 2. The SMILES string of the molecule is CC(C)[C@H]1C(=O)N(S(C)(=O)=O)[C@H]2CCN(C(=O)c3ccc(CN4C(C)CCCC4C)cc3)[C@H]12. The normalized spacial score (nSPS) is 30.8. The molecule has 3 fully saturated rings. The molecule has 0 aromatic heterocycles. The van der Waals surface area contributed by atoms with Crippen LogP contribution in [0, 0.1) is 11.8 Å². The van der Waals surface area contributed by atoms with Crippen LogP contribution in [0.2, 0.25) is 0 Å². The number of nitrogens with zero attached hydrogens (tertiary/aromatic N) is 3. The first-order chi connectivity index (χ1) is 15.5. The average molecular weight is 476 g/mol. The number of carbonyl (C=O) groups is 2. The monoisotopic (exact) mass is 475 g/mol. The minimum absolute atomic E-state index is 0.0546. The van der Waals surface area contributed by atoms with Gasteiger partial charge in [-0.1, -0.05) is 32.4 Å². The van der Waals surface area contributed by atoms with Gasteiger partial charge in [-0.05, 0) is 56.7 Å². The van der Waals surface area contributed by atoms with Crippen LogP contribution in [0.4, 0.5) is 0 Å². The van der Waals surface area contributed by atoms with E-state index in [2.05, 4.69) is 18.7 Å². The lowest BCUT2D eigenvalue weighted by Gasteiger charge is -2.39. The number of sulfonamides is 1. The Balaban J connectivity index is 1.53. The molecular formula is C25H37N3O4S. The van der Waals surface area contributed by atoms with Gasteiger partial charge in [0, 0.05) is 30.7 Å². The van der Waals surface area contributed by atoms with Crippen LogP contribution in [0.1, 0.15) is 69.3 Å². The Labute approximate surface area is 198 Å². The van der Waals surface area contributed by atoms with Gasteiger partial charge < -0.3 is 4.90 Å². The van der Waals surface area contributed by atoms with Gasteiger partial charge >= 0.3 is 0 Å². The van der Waals surface area contributed by atoms with Crippen molar-refractivity contribution in [3.8, 4) is 0 Å². The minimum Gasteiger partial charge on any atom is -0.333 e. The van der Waals surface area contributed by atoms with Crippen LogP contribution in [0.25, 0.3) is 0 Å². The lowest BCUT2D eigenvalue weighted by molar-refractivity contribution is -0.129. The van der Waals surface area contributed by atoms with E-state index in [1.165, 1.54) is 24.8 Å². The number of fused-ring (bicyclic) bond motifs is 1. The summed E-state index contributed by atoms with van der Waals surface area (Å²) in [5, 5.41) is 0. The summed E-state index contributed by atoms with van der Waals surface area (Å²) in [5.41, 5.74) is 1.78. The number of hydrogen-bond donors (Lipinski definition) is 0. The number of piperidine rings is 1. The molecule has 0 saturated carbocycles. The van der Waals surface area contributed by atoms with Crippen LogP contribution >= 0.6 is 0 Å². The molecule has 2 unspecified atom stereocenters. The van der Waals surface area contributed by atoms with Crippen LogP contribution < -0.4 is 0 Å². The molecule has 4 rings (SSSR count). The molecule has 1 aromatic carbocycles. The molecule has 0 aliphatic carbocycles. The average Bonchev–Trinajstić information content (AvgIpc) is 3.26. The first kappa shape index (κ1) is 24.2. The van der Waals surface area contributed by atoms with Crippen molar-refractivity contribution in [1.82, 2.24) is 14.1 Å². The van der Waals surface area contributed by atoms with E-state index in [0.29, 0.717) is 30.6 Å². The molecule has 3 aliphatic heterocycles. The number of carbonyl (C=O) groups excluding carboxylic acids is 2. The van der Waals surface area contributed by atoms with Crippen molar-refractivity contribution in [3.63, 3.8) is 0 Å². The summed E-state index contributed by atoms with van der Waals surface area (Å²) in [7, 11) is -3.67. The second-order valence-electron chi connectivity index (χ2n) is 10.5. The predicted octanol–water partition coefficient (Wildman–Crippen LogP) is 3.11. The van der Waals surface area contributed by atoms with Gasteiger partial charge in [-0.2, -0.15) is 0 Å². The number of benzene rings is 1. The maximum absolute atomic E-state index is 13.5.